The maximum absolute atomic E-state index is 5.90. The van der Waals surface area contributed by atoms with E-state index in [9.17, 15) is 0 Å². The molecule has 3 heteroatoms. The Balaban J connectivity index is 2.63. The Morgan fingerprint density at radius 1 is 0.733 bits per heavy atom. The summed E-state index contributed by atoms with van der Waals surface area (Å²) in [6.07, 6.45) is 0. The standard InChI is InChI=1S/C12H7B2N/c13-9-5-1-3-7-8-4-2-6-10(14)12(8)15-11(7)9/h1-6,15H. The number of nitrogens with one attached hydrogen (secondary N) is 1. The zero-order chi connectivity index (χ0) is 10.4. The van der Waals surface area contributed by atoms with Crippen LogP contribution in [-0.4, -0.2) is 20.7 Å². The molecule has 66 valence electrons. The van der Waals surface area contributed by atoms with E-state index in [4.69, 9.17) is 15.7 Å². The molecule has 3 aromatic rings. The van der Waals surface area contributed by atoms with Crippen molar-refractivity contribution in [2.45, 2.75) is 0 Å². The van der Waals surface area contributed by atoms with Gasteiger partial charge < -0.3 is 4.98 Å². The number of benzene rings is 2. The first-order valence-electron chi connectivity index (χ1n) is 4.82. The molecule has 3 rings (SSSR count). The van der Waals surface area contributed by atoms with Gasteiger partial charge in [0.05, 0.1) is 0 Å². The molecule has 1 heterocycles. The van der Waals surface area contributed by atoms with Crippen LogP contribution in [0.5, 0.6) is 0 Å². The van der Waals surface area contributed by atoms with E-state index in [0.29, 0.717) is 0 Å². The van der Waals surface area contributed by atoms with E-state index in [0.717, 1.165) is 32.7 Å². The van der Waals surface area contributed by atoms with Gasteiger partial charge in [0.15, 0.2) is 0 Å². The highest BCUT2D eigenvalue weighted by molar-refractivity contribution is 6.42. The Labute approximate surface area is 90.3 Å². The monoisotopic (exact) mass is 187 g/mol. The molecule has 1 aromatic heterocycles. The topological polar surface area (TPSA) is 15.8 Å². The molecule has 2 aromatic carbocycles. The van der Waals surface area contributed by atoms with Crippen molar-refractivity contribution in [2.75, 3.05) is 0 Å². The summed E-state index contributed by atoms with van der Waals surface area (Å²) >= 11 is 0. The molecule has 15 heavy (non-hydrogen) atoms. The van der Waals surface area contributed by atoms with E-state index in [-0.39, 0.29) is 0 Å². The summed E-state index contributed by atoms with van der Waals surface area (Å²) in [4.78, 5) is 3.26. The van der Waals surface area contributed by atoms with Crippen LogP contribution in [0.3, 0.4) is 0 Å². The lowest BCUT2D eigenvalue weighted by molar-refractivity contribution is 1.58. The van der Waals surface area contributed by atoms with Gasteiger partial charge in [-0.15, -0.1) is 0 Å². The zero-order valence-corrected chi connectivity index (χ0v) is 8.12. The summed E-state index contributed by atoms with van der Waals surface area (Å²) in [7, 11) is 11.8. The fourth-order valence-corrected chi connectivity index (χ4v) is 1.99. The third kappa shape index (κ3) is 1.13. The fourth-order valence-electron chi connectivity index (χ4n) is 1.99. The Hall–Kier alpha value is -1.63. The Morgan fingerprint density at radius 2 is 1.20 bits per heavy atom. The molecule has 0 aliphatic heterocycles. The number of para-hydroxylation sites is 2. The predicted octanol–water partition coefficient (Wildman–Crippen LogP) is 0.909. The summed E-state index contributed by atoms with van der Waals surface area (Å²) in [6, 6.07) is 11.8. The first kappa shape index (κ1) is 8.66. The molecule has 0 unspecified atom stereocenters. The van der Waals surface area contributed by atoms with E-state index < -0.39 is 0 Å². The first-order valence-corrected chi connectivity index (χ1v) is 4.82. The van der Waals surface area contributed by atoms with Gasteiger partial charge >= 0.3 is 0 Å². The van der Waals surface area contributed by atoms with Crippen molar-refractivity contribution < 1.29 is 0 Å². The average molecular weight is 187 g/mol. The minimum absolute atomic E-state index is 0.753. The van der Waals surface area contributed by atoms with Crippen LogP contribution in [0.4, 0.5) is 0 Å². The molecule has 0 fully saturated rings. The number of H-pyrrole nitrogens is 1. The third-order valence-electron chi connectivity index (χ3n) is 2.73. The van der Waals surface area contributed by atoms with Crippen molar-refractivity contribution in [1.29, 1.82) is 0 Å². The highest BCUT2D eigenvalue weighted by Gasteiger charge is 2.05. The van der Waals surface area contributed by atoms with Gasteiger partial charge in [-0.25, -0.2) is 0 Å². The van der Waals surface area contributed by atoms with Gasteiger partial charge in [-0.1, -0.05) is 47.3 Å². The minimum atomic E-state index is 0.753. The van der Waals surface area contributed by atoms with Crippen LogP contribution in [0.2, 0.25) is 0 Å². The van der Waals surface area contributed by atoms with E-state index in [1.807, 2.05) is 36.4 Å². The number of rotatable bonds is 0. The van der Waals surface area contributed by atoms with Gasteiger partial charge in [-0.3, -0.25) is 0 Å². The van der Waals surface area contributed by atoms with Crippen LogP contribution in [0.15, 0.2) is 36.4 Å². The third-order valence-corrected chi connectivity index (χ3v) is 2.73. The Bertz CT molecular complexity index is 599. The second-order valence-corrected chi connectivity index (χ2v) is 3.66. The number of aromatic amines is 1. The van der Waals surface area contributed by atoms with Crippen LogP contribution in [-0.2, 0) is 0 Å². The number of hydrogen-bond donors (Lipinski definition) is 1. The molecule has 4 radical (unpaired) electrons. The first-order chi connectivity index (χ1) is 7.27. The molecule has 1 N–H and O–H groups in total. The van der Waals surface area contributed by atoms with Crippen LogP contribution < -0.4 is 10.9 Å². The highest BCUT2D eigenvalue weighted by atomic mass is 14.7. The predicted molar refractivity (Wildman–Crippen MR) is 66.6 cm³/mol. The van der Waals surface area contributed by atoms with Gasteiger partial charge in [0, 0.05) is 21.8 Å². The van der Waals surface area contributed by atoms with Gasteiger partial charge in [0.25, 0.3) is 0 Å². The summed E-state index contributed by atoms with van der Waals surface area (Å²) in [6.45, 7) is 0. The van der Waals surface area contributed by atoms with Crippen molar-refractivity contribution in [1.82, 2.24) is 4.98 Å². The normalized spacial score (nSPS) is 11.2. The zero-order valence-electron chi connectivity index (χ0n) is 8.12. The Morgan fingerprint density at radius 3 is 1.67 bits per heavy atom. The van der Waals surface area contributed by atoms with Crippen molar-refractivity contribution in [3.05, 3.63) is 36.4 Å². The number of fused-ring (bicyclic) bond motifs is 3. The molecule has 1 nitrogen and oxygen atoms in total. The smallest absolute Gasteiger partial charge is 0.116 e. The molecule has 0 amide bonds. The SMILES string of the molecule is [B]c1cccc2c1[nH]c1c([B])cccc12. The summed E-state index contributed by atoms with van der Waals surface area (Å²) < 4.78 is 0. The van der Waals surface area contributed by atoms with E-state index >= 15 is 0 Å². The molecular weight excluding hydrogens is 180 g/mol. The maximum Gasteiger partial charge on any atom is 0.116 e. The fraction of sp³-hybridized carbons (Fsp3) is 0. The molecule has 0 aliphatic carbocycles. The van der Waals surface area contributed by atoms with Gasteiger partial charge in [0.2, 0.25) is 0 Å². The minimum Gasteiger partial charge on any atom is -0.355 e. The summed E-state index contributed by atoms with van der Waals surface area (Å²) in [5.41, 5.74) is 3.43. The van der Waals surface area contributed by atoms with Gasteiger partial charge in [-0.05, 0) is 0 Å². The van der Waals surface area contributed by atoms with Crippen LogP contribution in [0.25, 0.3) is 21.8 Å². The van der Waals surface area contributed by atoms with Crippen molar-refractivity contribution in [3.63, 3.8) is 0 Å². The molecule has 0 saturated heterocycles. The van der Waals surface area contributed by atoms with Gasteiger partial charge in [-0.2, -0.15) is 0 Å². The lowest BCUT2D eigenvalue weighted by Crippen LogP contribution is -2.04. The van der Waals surface area contributed by atoms with Crippen molar-refractivity contribution in [3.8, 4) is 0 Å². The Kier molecular flexibility index (Phi) is 1.69. The number of hydrogen-bond acceptors (Lipinski definition) is 0. The van der Waals surface area contributed by atoms with Crippen LogP contribution in [0, 0.1) is 0 Å². The summed E-state index contributed by atoms with van der Waals surface area (Å²) in [5, 5.41) is 2.24. The van der Waals surface area contributed by atoms with Gasteiger partial charge in [0.1, 0.15) is 15.7 Å². The second kappa shape index (κ2) is 2.93. The van der Waals surface area contributed by atoms with E-state index in [1.165, 1.54) is 0 Å². The molecule has 0 aliphatic rings. The maximum atomic E-state index is 5.90. The lowest BCUT2D eigenvalue weighted by Gasteiger charge is -1.94. The molecular formula is C12H7B2N. The molecule has 0 saturated carbocycles. The van der Waals surface area contributed by atoms with E-state index in [1.54, 1.807) is 0 Å². The molecule has 0 bridgehead atoms. The average Bonchev–Trinajstić information content (AvgIpc) is 2.60. The number of aromatic nitrogens is 1. The molecule has 0 spiro atoms. The molecule has 0 atom stereocenters. The highest BCUT2D eigenvalue weighted by Crippen LogP contribution is 2.21. The van der Waals surface area contributed by atoms with Crippen LogP contribution in [0.1, 0.15) is 0 Å². The lowest BCUT2D eigenvalue weighted by atomic mass is 9.92. The van der Waals surface area contributed by atoms with Crippen molar-refractivity contribution in [2.24, 2.45) is 0 Å². The summed E-state index contributed by atoms with van der Waals surface area (Å²) in [5.74, 6) is 0. The van der Waals surface area contributed by atoms with Crippen molar-refractivity contribution >= 4 is 48.4 Å². The second-order valence-electron chi connectivity index (χ2n) is 3.66. The largest absolute Gasteiger partial charge is 0.355 e. The van der Waals surface area contributed by atoms with E-state index in [2.05, 4.69) is 4.98 Å². The quantitative estimate of drug-likeness (QED) is 0.503. The van der Waals surface area contributed by atoms with Crippen LogP contribution >= 0.6 is 0 Å².